The zero-order chi connectivity index (χ0) is 15.5. The van der Waals surface area contributed by atoms with Crippen LogP contribution in [-0.4, -0.2) is 23.6 Å². The van der Waals surface area contributed by atoms with Crippen LogP contribution in [-0.2, 0) is 4.74 Å². The third-order valence-corrected chi connectivity index (χ3v) is 3.98. The number of nitrogens with zero attached hydrogens (tertiary/aromatic N) is 1. The lowest BCUT2D eigenvalue weighted by Crippen LogP contribution is -2.09. The van der Waals surface area contributed by atoms with E-state index >= 15 is 0 Å². The first-order valence-corrected chi connectivity index (χ1v) is 7.71. The first-order valence-electron chi connectivity index (χ1n) is 7.33. The summed E-state index contributed by atoms with van der Waals surface area (Å²) in [5.41, 5.74) is 1.69. The molecule has 4 nitrogen and oxygen atoms in total. The largest absolute Gasteiger partial charge is 0.462 e. The van der Waals surface area contributed by atoms with Gasteiger partial charge < -0.3 is 10.1 Å². The molecule has 1 fully saturated rings. The van der Waals surface area contributed by atoms with Gasteiger partial charge in [0, 0.05) is 18.2 Å². The summed E-state index contributed by atoms with van der Waals surface area (Å²) in [4.78, 5) is 15.9. The molecule has 1 saturated carbocycles. The van der Waals surface area contributed by atoms with E-state index in [4.69, 9.17) is 16.3 Å². The number of carbonyl (C=O) groups excluding carboxylic acids is 1. The van der Waals surface area contributed by atoms with Gasteiger partial charge in [-0.05, 0) is 25.0 Å². The van der Waals surface area contributed by atoms with Crippen LogP contribution in [0, 0.1) is 0 Å². The van der Waals surface area contributed by atoms with Crippen molar-refractivity contribution in [2.45, 2.75) is 25.3 Å². The van der Waals surface area contributed by atoms with Crippen LogP contribution >= 0.6 is 11.6 Å². The first-order chi connectivity index (χ1) is 10.7. The summed E-state index contributed by atoms with van der Waals surface area (Å²) >= 11 is 6.21. The number of benzene rings is 1. The van der Waals surface area contributed by atoms with Crippen LogP contribution in [0.5, 0.6) is 0 Å². The normalized spacial score (nSPS) is 19.5. The lowest BCUT2D eigenvalue weighted by atomic mass is 10.1. The van der Waals surface area contributed by atoms with Crippen LogP contribution in [0.25, 0.3) is 0 Å². The second-order valence-electron chi connectivity index (χ2n) is 5.28. The molecule has 5 heteroatoms. The number of hydrogen-bond acceptors (Lipinski definition) is 4. The first kappa shape index (κ1) is 14.9. The minimum atomic E-state index is -0.406. The van der Waals surface area contributed by atoms with Gasteiger partial charge in [-0.25, -0.2) is 9.78 Å². The fourth-order valence-corrected chi connectivity index (χ4v) is 2.69. The highest BCUT2D eigenvalue weighted by Gasteiger charge is 2.38. The molecule has 0 unspecified atom stereocenters. The molecule has 0 aliphatic heterocycles. The number of esters is 1. The number of rotatable bonds is 5. The Labute approximate surface area is 134 Å². The van der Waals surface area contributed by atoms with Gasteiger partial charge in [-0.2, -0.15) is 0 Å². The number of pyridine rings is 1. The number of halogens is 1. The lowest BCUT2D eigenvalue weighted by Gasteiger charge is -2.08. The van der Waals surface area contributed by atoms with E-state index < -0.39 is 5.97 Å². The minimum absolute atomic E-state index is 0.331. The average Bonchev–Trinajstić information content (AvgIpc) is 3.30. The zero-order valence-electron chi connectivity index (χ0n) is 12.3. The van der Waals surface area contributed by atoms with Crippen molar-refractivity contribution in [2.75, 3.05) is 11.9 Å². The minimum Gasteiger partial charge on any atom is -0.462 e. The molecule has 0 radical (unpaired) electrons. The Morgan fingerprint density at radius 1 is 1.41 bits per heavy atom. The smallest absolute Gasteiger partial charge is 0.339 e. The fourth-order valence-electron chi connectivity index (χ4n) is 2.47. The van der Waals surface area contributed by atoms with E-state index in [-0.39, 0.29) is 0 Å². The van der Waals surface area contributed by atoms with Crippen LogP contribution < -0.4 is 5.32 Å². The van der Waals surface area contributed by atoms with Gasteiger partial charge in [0.2, 0.25) is 0 Å². The number of hydrogen-bond donors (Lipinski definition) is 1. The molecule has 22 heavy (non-hydrogen) atoms. The monoisotopic (exact) mass is 316 g/mol. The topological polar surface area (TPSA) is 51.2 Å². The van der Waals surface area contributed by atoms with Crippen molar-refractivity contribution in [1.82, 2.24) is 4.98 Å². The third-order valence-electron chi connectivity index (χ3n) is 3.69. The van der Waals surface area contributed by atoms with Gasteiger partial charge >= 0.3 is 5.97 Å². The molecule has 1 aliphatic carbocycles. The number of nitrogens with one attached hydrogen (secondary N) is 1. The molecule has 2 aromatic rings. The van der Waals surface area contributed by atoms with Gasteiger partial charge in [0.1, 0.15) is 5.82 Å². The van der Waals surface area contributed by atoms with Crippen LogP contribution in [0.15, 0.2) is 42.6 Å². The maximum atomic E-state index is 11.6. The van der Waals surface area contributed by atoms with E-state index in [1.54, 1.807) is 13.0 Å². The summed E-state index contributed by atoms with van der Waals surface area (Å²) in [5, 5.41) is 3.77. The van der Waals surface area contributed by atoms with Gasteiger partial charge in [0.25, 0.3) is 0 Å². The quantitative estimate of drug-likeness (QED) is 0.850. The van der Waals surface area contributed by atoms with Crippen molar-refractivity contribution in [2.24, 2.45) is 0 Å². The Balaban J connectivity index is 1.66. The summed E-state index contributed by atoms with van der Waals surface area (Å²) in [7, 11) is 0. The molecule has 0 amide bonds. The lowest BCUT2D eigenvalue weighted by molar-refractivity contribution is 0.0526. The molecular weight excluding hydrogens is 300 g/mol. The molecule has 1 aromatic carbocycles. The average molecular weight is 317 g/mol. The molecule has 1 N–H and O–H groups in total. The molecule has 1 aliphatic rings. The summed E-state index contributed by atoms with van der Waals surface area (Å²) in [6.45, 7) is 2.09. The van der Waals surface area contributed by atoms with Crippen LogP contribution in [0.3, 0.4) is 0 Å². The number of aromatic nitrogens is 1. The number of anilines is 1. The fraction of sp³-hybridized carbons (Fsp3) is 0.294. The second kappa shape index (κ2) is 6.36. The van der Waals surface area contributed by atoms with Gasteiger partial charge in [-0.15, -0.1) is 0 Å². The molecule has 0 bridgehead atoms. The molecule has 0 saturated heterocycles. The Kier molecular flexibility index (Phi) is 4.29. The zero-order valence-corrected chi connectivity index (χ0v) is 13.0. The van der Waals surface area contributed by atoms with Gasteiger partial charge in [-0.3, -0.25) is 0 Å². The Morgan fingerprint density at radius 3 is 2.86 bits per heavy atom. The highest BCUT2D eigenvalue weighted by atomic mass is 35.5. The SMILES string of the molecule is CCOC(=O)c1cnc(N[C@H]2C[C@@H]2c2ccccc2)c(Cl)c1. The standard InChI is InChI=1S/C17H17ClN2O2/c1-2-22-17(21)12-8-14(18)16(19-10-12)20-15-9-13(15)11-6-4-3-5-7-11/h3-8,10,13,15H,2,9H2,1H3,(H,19,20)/t13-,15+/m1/s1. The van der Waals surface area contributed by atoms with Gasteiger partial charge in [-0.1, -0.05) is 41.9 Å². The molecule has 1 aromatic heterocycles. The van der Waals surface area contributed by atoms with Crippen molar-refractivity contribution in [3.05, 3.63) is 58.7 Å². The van der Waals surface area contributed by atoms with E-state index in [9.17, 15) is 4.79 Å². The van der Waals surface area contributed by atoms with Crippen molar-refractivity contribution in [3.63, 3.8) is 0 Å². The van der Waals surface area contributed by atoms with Gasteiger partial charge in [0.15, 0.2) is 0 Å². The number of carbonyl (C=O) groups is 1. The molecule has 3 rings (SSSR count). The molecule has 114 valence electrons. The van der Waals surface area contributed by atoms with Gasteiger partial charge in [0.05, 0.1) is 17.2 Å². The molecular formula is C17H17ClN2O2. The maximum Gasteiger partial charge on any atom is 0.339 e. The maximum absolute atomic E-state index is 11.6. The van der Waals surface area contributed by atoms with Crippen molar-refractivity contribution >= 4 is 23.4 Å². The van der Waals surface area contributed by atoms with Crippen molar-refractivity contribution in [3.8, 4) is 0 Å². The van der Waals surface area contributed by atoms with E-state index in [0.717, 1.165) is 6.42 Å². The molecule has 0 spiro atoms. The van der Waals surface area contributed by atoms with E-state index in [1.807, 2.05) is 18.2 Å². The Bertz CT molecular complexity index is 676. The predicted molar refractivity (Wildman–Crippen MR) is 86.4 cm³/mol. The molecule has 2 atom stereocenters. The van der Waals surface area contributed by atoms with E-state index in [0.29, 0.717) is 35.0 Å². The van der Waals surface area contributed by atoms with E-state index in [2.05, 4.69) is 22.4 Å². The van der Waals surface area contributed by atoms with Crippen LogP contribution in [0.2, 0.25) is 5.02 Å². The molecule has 1 heterocycles. The summed E-state index contributed by atoms with van der Waals surface area (Å²) < 4.78 is 4.93. The van der Waals surface area contributed by atoms with Crippen molar-refractivity contribution in [1.29, 1.82) is 0 Å². The highest BCUT2D eigenvalue weighted by Crippen LogP contribution is 2.43. The third kappa shape index (κ3) is 3.22. The number of ether oxygens (including phenoxy) is 1. The summed E-state index contributed by atoms with van der Waals surface area (Å²) in [6, 6.07) is 12.3. The highest BCUT2D eigenvalue weighted by molar-refractivity contribution is 6.33. The van der Waals surface area contributed by atoms with Crippen LogP contribution in [0.4, 0.5) is 5.82 Å². The predicted octanol–water partition coefficient (Wildman–Crippen LogP) is 3.88. The van der Waals surface area contributed by atoms with Crippen molar-refractivity contribution < 1.29 is 9.53 Å². The Morgan fingerprint density at radius 2 is 2.18 bits per heavy atom. The van der Waals surface area contributed by atoms with Crippen LogP contribution in [0.1, 0.15) is 35.2 Å². The van der Waals surface area contributed by atoms with E-state index in [1.165, 1.54) is 11.8 Å². The summed E-state index contributed by atoms with van der Waals surface area (Å²) in [5.74, 6) is 0.694. The summed E-state index contributed by atoms with van der Waals surface area (Å²) in [6.07, 6.45) is 2.55. The Hall–Kier alpha value is -2.07. The second-order valence-corrected chi connectivity index (χ2v) is 5.69.